The van der Waals surface area contributed by atoms with Gasteiger partial charge in [0.1, 0.15) is 16.7 Å². The lowest BCUT2D eigenvalue weighted by molar-refractivity contribution is -0.223. The third-order valence-corrected chi connectivity index (χ3v) is 11.3. The summed E-state index contributed by atoms with van der Waals surface area (Å²) >= 11 is 6.47. The molecule has 2 spiro atoms. The van der Waals surface area contributed by atoms with Gasteiger partial charge in [0, 0.05) is 23.5 Å². The minimum atomic E-state index is -1.03. The highest BCUT2D eigenvalue weighted by Gasteiger charge is 2.74. The summed E-state index contributed by atoms with van der Waals surface area (Å²) in [7, 11) is 3.88. The number of benzene rings is 1. The van der Waals surface area contributed by atoms with Crippen LogP contribution in [0.1, 0.15) is 51.0 Å². The molecule has 3 aliphatic carbocycles. The Balaban J connectivity index is 1.33. The van der Waals surface area contributed by atoms with E-state index in [1.165, 1.54) is 5.57 Å². The van der Waals surface area contributed by atoms with Crippen LogP contribution in [0.5, 0.6) is 0 Å². The summed E-state index contributed by atoms with van der Waals surface area (Å²) in [5.41, 5.74) is 0.925. The van der Waals surface area contributed by atoms with Crippen molar-refractivity contribution in [3.63, 3.8) is 0 Å². The summed E-state index contributed by atoms with van der Waals surface area (Å²) in [4.78, 5) is 6.27. The van der Waals surface area contributed by atoms with Crippen molar-refractivity contribution in [2.75, 3.05) is 14.1 Å². The number of aromatic nitrogens is 1. The van der Waals surface area contributed by atoms with Crippen molar-refractivity contribution in [1.82, 2.24) is 9.88 Å². The zero-order valence-electron chi connectivity index (χ0n) is 22.1. The second kappa shape index (κ2) is 7.90. The second-order valence-electron chi connectivity index (χ2n) is 12.7. The number of rotatable bonds is 2. The molecule has 38 heavy (non-hydrogen) atoms. The van der Waals surface area contributed by atoms with E-state index in [-0.39, 0.29) is 17.4 Å². The molecule has 0 amide bonds. The molecule has 2 bridgehead atoms. The van der Waals surface area contributed by atoms with Crippen LogP contribution in [-0.4, -0.2) is 63.6 Å². The molecule has 2 aliphatic heterocycles. The lowest BCUT2D eigenvalue weighted by atomic mass is 9.49. The fraction of sp³-hybridized carbons (Fsp3) is 0.548. The predicted molar refractivity (Wildman–Crippen MR) is 146 cm³/mol. The Labute approximate surface area is 228 Å². The SMILES string of the molecule is CN(C)[C@H]1C[C@@]23CC[C@]4(O2)C2CC=C(c5ccc6ccnc(Cl)c6c5)[C@@]2(C)CCC4(C#N)C=C3[C@@H](O)[C@@H]1O. The molecule has 2 N–H and O–H groups in total. The van der Waals surface area contributed by atoms with Gasteiger partial charge in [-0.2, -0.15) is 5.26 Å². The first-order chi connectivity index (χ1) is 18.1. The minimum Gasteiger partial charge on any atom is -0.388 e. The molecule has 1 aromatic carbocycles. The second-order valence-corrected chi connectivity index (χ2v) is 13.1. The van der Waals surface area contributed by atoms with Gasteiger partial charge in [0.15, 0.2) is 0 Å². The number of ether oxygens (including phenoxy) is 1. The van der Waals surface area contributed by atoms with Crippen molar-refractivity contribution in [3.05, 3.63) is 58.9 Å². The molecule has 198 valence electrons. The Hall–Kier alpha value is -2.27. The first-order valence-corrected chi connectivity index (χ1v) is 14.1. The van der Waals surface area contributed by atoms with Crippen molar-refractivity contribution in [1.29, 1.82) is 5.26 Å². The van der Waals surface area contributed by atoms with Crippen molar-refractivity contribution >= 4 is 27.9 Å². The van der Waals surface area contributed by atoms with Gasteiger partial charge < -0.3 is 19.8 Å². The molecule has 3 fully saturated rings. The van der Waals surface area contributed by atoms with Crippen molar-refractivity contribution < 1.29 is 14.9 Å². The highest BCUT2D eigenvalue weighted by molar-refractivity contribution is 6.34. The predicted octanol–water partition coefficient (Wildman–Crippen LogP) is 4.89. The van der Waals surface area contributed by atoms with Crippen molar-refractivity contribution in [2.45, 2.75) is 74.9 Å². The van der Waals surface area contributed by atoms with Gasteiger partial charge in [-0.15, -0.1) is 0 Å². The van der Waals surface area contributed by atoms with Gasteiger partial charge in [0.05, 0.1) is 23.4 Å². The number of nitrogens with zero attached hydrogens (tertiary/aromatic N) is 3. The van der Waals surface area contributed by atoms with Gasteiger partial charge >= 0.3 is 0 Å². The van der Waals surface area contributed by atoms with E-state index < -0.39 is 28.8 Å². The number of hydrogen-bond donors (Lipinski definition) is 2. The number of nitriles is 1. The Morgan fingerprint density at radius 2 is 1.97 bits per heavy atom. The van der Waals surface area contributed by atoms with Crippen molar-refractivity contribution in [2.24, 2.45) is 16.7 Å². The first-order valence-electron chi connectivity index (χ1n) is 13.7. The van der Waals surface area contributed by atoms with Crippen LogP contribution in [0.25, 0.3) is 16.3 Å². The molecule has 2 aromatic rings. The van der Waals surface area contributed by atoms with Crippen LogP contribution < -0.4 is 0 Å². The first kappa shape index (κ1) is 24.7. The summed E-state index contributed by atoms with van der Waals surface area (Å²) in [6.45, 7) is 2.34. The topological polar surface area (TPSA) is 89.6 Å². The minimum absolute atomic E-state index is 0.137. The van der Waals surface area contributed by atoms with E-state index in [0.717, 1.165) is 47.6 Å². The van der Waals surface area contributed by atoms with E-state index in [2.05, 4.69) is 42.3 Å². The smallest absolute Gasteiger partial charge is 0.136 e. The van der Waals surface area contributed by atoms with Crippen molar-refractivity contribution in [3.8, 4) is 6.07 Å². The molecule has 1 saturated heterocycles. The Morgan fingerprint density at radius 1 is 1.16 bits per heavy atom. The number of pyridine rings is 1. The maximum Gasteiger partial charge on any atom is 0.136 e. The van der Waals surface area contributed by atoms with Crippen LogP contribution in [0.2, 0.25) is 5.15 Å². The molecular formula is C31H34ClN3O3. The zero-order valence-corrected chi connectivity index (χ0v) is 22.9. The van der Waals surface area contributed by atoms with Gasteiger partial charge in [-0.3, -0.25) is 0 Å². The summed E-state index contributed by atoms with van der Waals surface area (Å²) in [5, 5.41) is 35.5. The van der Waals surface area contributed by atoms with Gasteiger partial charge in [-0.25, -0.2) is 4.98 Å². The fourth-order valence-electron chi connectivity index (χ4n) is 8.99. The molecule has 7 rings (SSSR count). The monoisotopic (exact) mass is 531 g/mol. The molecule has 8 atom stereocenters. The number of allylic oxidation sites excluding steroid dienone is 2. The van der Waals surface area contributed by atoms with Gasteiger partial charge in [-0.1, -0.05) is 42.8 Å². The number of aliphatic hydroxyl groups is 2. The highest BCUT2D eigenvalue weighted by Crippen LogP contribution is 2.72. The Bertz CT molecular complexity index is 1460. The lowest BCUT2D eigenvalue weighted by Crippen LogP contribution is -2.66. The van der Waals surface area contributed by atoms with E-state index in [1.807, 2.05) is 31.1 Å². The van der Waals surface area contributed by atoms with E-state index in [4.69, 9.17) is 16.3 Å². The molecular weight excluding hydrogens is 498 g/mol. The van der Waals surface area contributed by atoms with Crippen LogP contribution in [-0.2, 0) is 4.74 Å². The summed E-state index contributed by atoms with van der Waals surface area (Å²) < 4.78 is 7.27. The summed E-state index contributed by atoms with van der Waals surface area (Å²) in [5.74, 6) is 0.137. The lowest BCUT2D eigenvalue weighted by Gasteiger charge is -2.61. The highest BCUT2D eigenvalue weighted by atomic mass is 35.5. The molecule has 7 heteroatoms. The standard InChI is InChI=1S/C31H34ClN3O3/c1-28-9-10-29(17-33)15-22-25(36)26(37)23(35(2)3)16-30(22)11-12-31(29,38-30)24(28)7-6-21(28)19-5-4-18-8-13-34-27(32)20(18)14-19/h4-6,8,13-15,23-26,36-37H,7,9-12,16H2,1-3H3/t23-,24?,25+,26+,28+,29?,30+,31-/m0/s1. The van der Waals surface area contributed by atoms with E-state index in [0.29, 0.717) is 18.0 Å². The molecule has 2 unspecified atom stereocenters. The number of hydrogen-bond acceptors (Lipinski definition) is 6. The molecule has 2 saturated carbocycles. The van der Waals surface area contributed by atoms with Gasteiger partial charge in [0.25, 0.3) is 0 Å². The van der Waals surface area contributed by atoms with Crippen LogP contribution in [0.3, 0.4) is 0 Å². The maximum absolute atomic E-state index is 11.3. The van der Waals surface area contributed by atoms with Gasteiger partial charge in [0.2, 0.25) is 0 Å². The quantitative estimate of drug-likeness (QED) is 0.424. The molecule has 0 radical (unpaired) electrons. The van der Waals surface area contributed by atoms with Crippen LogP contribution >= 0.6 is 11.6 Å². The summed E-state index contributed by atoms with van der Waals surface area (Å²) in [6, 6.07) is 10.9. The molecule has 6 nitrogen and oxygen atoms in total. The van der Waals surface area contributed by atoms with E-state index >= 15 is 0 Å². The number of likely N-dealkylation sites (N-methyl/N-ethyl adjacent to an activating group) is 1. The van der Waals surface area contributed by atoms with Crippen LogP contribution in [0, 0.1) is 28.1 Å². The third kappa shape index (κ3) is 2.89. The maximum atomic E-state index is 11.3. The van der Waals surface area contributed by atoms with Crippen LogP contribution in [0.4, 0.5) is 0 Å². The molecule has 3 heterocycles. The summed E-state index contributed by atoms with van der Waals surface area (Å²) in [6.07, 6.45) is 8.70. The van der Waals surface area contributed by atoms with Gasteiger partial charge in [-0.05, 0) is 92.3 Å². The number of halogens is 1. The Morgan fingerprint density at radius 3 is 2.74 bits per heavy atom. The number of fused-ring (bicyclic) bond motifs is 2. The average Bonchev–Trinajstić information content (AvgIpc) is 3.43. The average molecular weight is 532 g/mol. The number of aliphatic hydroxyl groups excluding tert-OH is 2. The van der Waals surface area contributed by atoms with Crippen LogP contribution in [0.15, 0.2) is 48.2 Å². The molecule has 1 aromatic heterocycles. The third-order valence-electron chi connectivity index (χ3n) is 11.0. The molecule has 5 aliphatic rings. The van der Waals surface area contributed by atoms with E-state index in [9.17, 15) is 15.5 Å². The normalized spacial score (nSPS) is 43.2. The zero-order chi connectivity index (χ0) is 26.7. The fourth-order valence-corrected chi connectivity index (χ4v) is 9.21. The van der Waals surface area contributed by atoms with E-state index in [1.54, 1.807) is 6.20 Å². The Kier molecular flexibility index (Phi) is 5.14. The largest absolute Gasteiger partial charge is 0.388 e.